The molecule has 0 bridgehead atoms. The van der Waals surface area contributed by atoms with Crippen molar-refractivity contribution in [1.29, 1.82) is 0 Å². The molecule has 0 spiro atoms. The summed E-state index contributed by atoms with van der Waals surface area (Å²) in [5, 5.41) is 12.1. The SMILES string of the molecule is C=CC(=O)OCCCCCCOc1ccc(C(=O)O[C@H]2CC[C@H](C(=O)Oc3ccc(O)c4nc(-c5cc6c(C)cc(C)cc6o5)sc34)CC2)cc1. The molecule has 11 heteroatoms. The highest BCUT2D eigenvalue weighted by molar-refractivity contribution is 7.22. The van der Waals surface area contributed by atoms with E-state index in [4.69, 9.17) is 23.4 Å². The number of hydrogen-bond donors (Lipinski definition) is 1. The maximum absolute atomic E-state index is 13.3. The van der Waals surface area contributed by atoms with E-state index in [2.05, 4.69) is 17.6 Å². The van der Waals surface area contributed by atoms with Crippen molar-refractivity contribution in [3.05, 3.63) is 83.9 Å². The van der Waals surface area contributed by atoms with Gasteiger partial charge in [0.1, 0.15) is 33.4 Å². The van der Waals surface area contributed by atoms with Crippen LogP contribution in [0.25, 0.3) is 32.0 Å². The molecule has 0 amide bonds. The summed E-state index contributed by atoms with van der Waals surface area (Å²) in [5.41, 5.74) is 3.76. The van der Waals surface area contributed by atoms with Crippen molar-refractivity contribution in [1.82, 2.24) is 4.98 Å². The molecule has 0 atom stereocenters. The predicted octanol–water partition coefficient (Wildman–Crippen LogP) is 9.02. The third-order valence-electron chi connectivity index (χ3n) is 8.99. The van der Waals surface area contributed by atoms with Gasteiger partial charge in [0.15, 0.2) is 16.5 Å². The zero-order chi connectivity index (χ0) is 35.9. The van der Waals surface area contributed by atoms with Gasteiger partial charge >= 0.3 is 17.9 Å². The minimum Gasteiger partial charge on any atom is -0.506 e. The van der Waals surface area contributed by atoms with Gasteiger partial charge in [-0.15, -0.1) is 11.3 Å². The van der Waals surface area contributed by atoms with Crippen LogP contribution < -0.4 is 9.47 Å². The summed E-state index contributed by atoms with van der Waals surface area (Å²) in [7, 11) is 0. The number of esters is 3. The van der Waals surface area contributed by atoms with E-state index in [1.807, 2.05) is 26.0 Å². The van der Waals surface area contributed by atoms with Crippen LogP contribution in [0.5, 0.6) is 17.2 Å². The molecule has 51 heavy (non-hydrogen) atoms. The van der Waals surface area contributed by atoms with Crippen LogP contribution in [0.15, 0.2) is 71.7 Å². The minimum absolute atomic E-state index is 0.00566. The number of carbonyl (C=O) groups excluding carboxylic acids is 3. The number of aromatic hydroxyl groups is 1. The molecular weight excluding hydrogens is 671 g/mol. The largest absolute Gasteiger partial charge is 0.506 e. The molecule has 1 fully saturated rings. The molecule has 3 aromatic carbocycles. The Morgan fingerprint density at radius 1 is 0.961 bits per heavy atom. The minimum atomic E-state index is -0.410. The van der Waals surface area contributed by atoms with Gasteiger partial charge in [0.25, 0.3) is 0 Å². The first kappa shape index (κ1) is 35.7. The topological polar surface area (TPSA) is 134 Å². The van der Waals surface area contributed by atoms with Gasteiger partial charge in [-0.2, -0.15) is 0 Å². The van der Waals surface area contributed by atoms with Gasteiger partial charge in [-0.3, -0.25) is 4.79 Å². The van der Waals surface area contributed by atoms with Gasteiger partial charge < -0.3 is 28.5 Å². The maximum Gasteiger partial charge on any atom is 0.338 e. The second-order valence-corrected chi connectivity index (χ2v) is 13.8. The van der Waals surface area contributed by atoms with E-state index >= 15 is 0 Å². The van der Waals surface area contributed by atoms with Crippen LogP contribution in [-0.4, -0.2) is 47.3 Å². The zero-order valence-corrected chi connectivity index (χ0v) is 29.6. The highest BCUT2D eigenvalue weighted by atomic mass is 32.1. The standard InChI is InChI=1S/C40H41NO9S/c1-4-35(43)47-20-8-6-5-7-19-46-28-13-9-26(10-14-28)39(44)48-29-15-11-27(12-16-29)40(45)50-32-18-17-31(42)36-37(32)51-38(41-36)34-23-30-25(3)21-24(2)22-33(30)49-34/h4,9-10,13-14,17-18,21-23,27,29,42H,1,5-8,11-12,15-16,19-20H2,2-3H3/t27-,29-. The van der Waals surface area contributed by atoms with Crippen molar-refractivity contribution < 1.29 is 42.9 Å². The van der Waals surface area contributed by atoms with Crippen LogP contribution in [0.1, 0.15) is 72.9 Å². The molecule has 6 rings (SSSR count). The molecule has 5 aromatic rings. The monoisotopic (exact) mass is 711 g/mol. The normalized spacial score (nSPS) is 15.8. The smallest absolute Gasteiger partial charge is 0.338 e. The Morgan fingerprint density at radius 2 is 1.71 bits per heavy atom. The summed E-state index contributed by atoms with van der Waals surface area (Å²) in [6.45, 7) is 8.36. The summed E-state index contributed by atoms with van der Waals surface area (Å²) >= 11 is 1.30. The highest BCUT2D eigenvalue weighted by Crippen LogP contribution is 2.42. The Kier molecular flexibility index (Phi) is 11.4. The average Bonchev–Trinajstić information content (AvgIpc) is 3.77. The lowest BCUT2D eigenvalue weighted by atomic mass is 9.87. The van der Waals surface area contributed by atoms with Crippen LogP contribution in [-0.2, 0) is 19.1 Å². The van der Waals surface area contributed by atoms with E-state index in [0.29, 0.717) is 76.9 Å². The van der Waals surface area contributed by atoms with Crippen LogP contribution in [0.3, 0.4) is 0 Å². The number of aryl methyl sites for hydroxylation is 2. The first-order chi connectivity index (χ1) is 24.7. The molecule has 10 nitrogen and oxygen atoms in total. The molecule has 266 valence electrons. The number of nitrogens with zero attached hydrogens (tertiary/aromatic N) is 1. The van der Waals surface area contributed by atoms with Gasteiger partial charge in [0, 0.05) is 11.5 Å². The van der Waals surface area contributed by atoms with Gasteiger partial charge in [-0.1, -0.05) is 12.6 Å². The fourth-order valence-electron chi connectivity index (χ4n) is 6.24. The molecule has 1 aliphatic rings. The summed E-state index contributed by atoms with van der Waals surface area (Å²) in [6.07, 6.45) is 6.55. The first-order valence-electron chi connectivity index (χ1n) is 17.3. The molecule has 2 heterocycles. The number of carbonyl (C=O) groups is 3. The number of ether oxygens (including phenoxy) is 4. The second kappa shape index (κ2) is 16.2. The molecule has 0 saturated heterocycles. The number of unbranched alkanes of at least 4 members (excludes halogenated alkanes) is 3. The average molecular weight is 712 g/mol. The molecule has 1 aliphatic carbocycles. The van der Waals surface area contributed by atoms with E-state index in [-0.39, 0.29) is 23.7 Å². The number of hydrogen-bond acceptors (Lipinski definition) is 11. The van der Waals surface area contributed by atoms with E-state index < -0.39 is 11.9 Å². The summed E-state index contributed by atoms with van der Waals surface area (Å²) in [4.78, 5) is 41.8. The fraction of sp³-hybridized carbons (Fsp3) is 0.350. The van der Waals surface area contributed by atoms with Crippen LogP contribution in [0.4, 0.5) is 0 Å². The fourth-order valence-corrected chi connectivity index (χ4v) is 7.23. The number of thiazole rings is 1. The van der Waals surface area contributed by atoms with Crippen LogP contribution >= 0.6 is 11.3 Å². The highest BCUT2D eigenvalue weighted by Gasteiger charge is 2.31. The Bertz CT molecular complexity index is 2040. The molecule has 2 aromatic heterocycles. The van der Waals surface area contributed by atoms with Gasteiger partial charge in [0.2, 0.25) is 0 Å². The third-order valence-corrected chi connectivity index (χ3v) is 10.1. The quantitative estimate of drug-likeness (QED) is 0.0515. The van der Waals surface area contributed by atoms with Gasteiger partial charge in [-0.05, 0) is 125 Å². The van der Waals surface area contributed by atoms with Crippen molar-refractivity contribution in [2.24, 2.45) is 5.92 Å². The number of furan rings is 1. The molecule has 0 radical (unpaired) electrons. The Balaban J connectivity index is 0.964. The van der Waals surface area contributed by atoms with E-state index in [1.165, 1.54) is 17.4 Å². The molecule has 0 aliphatic heterocycles. The lowest BCUT2D eigenvalue weighted by molar-refractivity contribution is -0.140. The zero-order valence-electron chi connectivity index (χ0n) is 28.8. The Morgan fingerprint density at radius 3 is 2.45 bits per heavy atom. The predicted molar refractivity (Wildman–Crippen MR) is 194 cm³/mol. The molecule has 0 unspecified atom stereocenters. The number of phenolic OH excluding ortho intramolecular Hbond substituents is 1. The first-order valence-corrected chi connectivity index (χ1v) is 18.1. The lowest BCUT2D eigenvalue weighted by Crippen LogP contribution is -2.30. The molecular formula is C40H41NO9S. The van der Waals surface area contributed by atoms with Crippen molar-refractivity contribution in [3.63, 3.8) is 0 Å². The van der Waals surface area contributed by atoms with Crippen molar-refractivity contribution >= 4 is 50.4 Å². The summed E-state index contributed by atoms with van der Waals surface area (Å²) in [6, 6.07) is 16.0. The number of rotatable bonds is 14. The number of aromatic nitrogens is 1. The number of benzene rings is 3. The lowest BCUT2D eigenvalue weighted by Gasteiger charge is -2.27. The maximum atomic E-state index is 13.3. The third kappa shape index (κ3) is 8.78. The van der Waals surface area contributed by atoms with Gasteiger partial charge in [-0.25, -0.2) is 14.6 Å². The Hall–Kier alpha value is -5.16. The van der Waals surface area contributed by atoms with E-state index in [1.54, 1.807) is 30.3 Å². The summed E-state index contributed by atoms with van der Waals surface area (Å²) in [5.74, 6) is 0.0711. The number of fused-ring (bicyclic) bond motifs is 2. The molecule has 1 N–H and O–H groups in total. The summed E-state index contributed by atoms with van der Waals surface area (Å²) < 4.78 is 29.1. The number of phenols is 1. The van der Waals surface area contributed by atoms with Crippen LogP contribution in [0.2, 0.25) is 0 Å². The van der Waals surface area contributed by atoms with E-state index in [9.17, 15) is 19.5 Å². The second-order valence-electron chi connectivity index (χ2n) is 12.8. The van der Waals surface area contributed by atoms with E-state index in [0.717, 1.165) is 53.9 Å². The van der Waals surface area contributed by atoms with Crippen LogP contribution in [0, 0.1) is 19.8 Å². The van der Waals surface area contributed by atoms with Crippen molar-refractivity contribution in [2.75, 3.05) is 13.2 Å². The van der Waals surface area contributed by atoms with Gasteiger partial charge in [0.05, 0.1) is 24.7 Å². The molecule has 1 saturated carbocycles. The Labute approximate surface area is 300 Å². The van der Waals surface area contributed by atoms with Crippen molar-refractivity contribution in [3.8, 4) is 28.0 Å². The van der Waals surface area contributed by atoms with Crippen molar-refractivity contribution in [2.45, 2.75) is 71.3 Å².